The largest absolute Gasteiger partial charge is 0.392 e. The SMILES string of the molecule is CCC1CCC([C@@H](O)C=C[C@@H]2[C@H]3CC(CCCCC(=O)N(C)C)=C[C@H]3C[C@H]2O)C1. The lowest BCUT2D eigenvalue weighted by atomic mass is 9.87. The number of hydrogen-bond acceptors (Lipinski definition) is 3. The van der Waals surface area contributed by atoms with Gasteiger partial charge in [-0.2, -0.15) is 0 Å². The van der Waals surface area contributed by atoms with E-state index < -0.39 is 0 Å². The number of rotatable bonds is 9. The monoisotopic (exact) mass is 403 g/mol. The molecule has 2 N–H and O–H groups in total. The van der Waals surface area contributed by atoms with Crippen LogP contribution in [0.25, 0.3) is 0 Å². The number of unbranched alkanes of at least 4 members (excludes halogenated alkanes) is 1. The van der Waals surface area contributed by atoms with Crippen molar-refractivity contribution in [3.05, 3.63) is 23.8 Å². The first-order chi connectivity index (χ1) is 13.9. The van der Waals surface area contributed by atoms with Crippen molar-refractivity contribution in [3.63, 3.8) is 0 Å². The Morgan fingerprint density at radius 1 is 1.28 bits per heavy atom. The van der Waals surface area contributed by atoms with Gasteiger partial charge in [0.15, 0.2) is 0 Å². The van der Waals surface area contributed by atoms with Crippen LogP contribution in [0.4, 0.5) is 0 Å². The van der Waals surface area contributed by atoms with Gasteiger partial charge in [-0.05, 0) is 68.6 Å². The number of amides is 1. The maximum atomic E-state index is 11.7. The molecule has 0 radical (unpaired) electrons. The Morgan fingerprint density at radius 3 is 2.76 bits per heavy atom. The molecule has 7 atom stereocenters. The molecule has 29 heavy (non-hydrogen) atoms. The van der Waals surface area contributed by atoms with Crippen LogP contribution in [0.2, 0.25) is 0 Å². The Balaban J connectivity index is 1.45. The summed E-state index contributed by atoms with van der Waals surface area (Å²) in [4.78, 5) is 13.4. The molecule has 2 fully saturated rings. The molecule has 0 bridgehead atoms. The summed E-state index contributed by atoms with van der Waals surface area (Å²) >= 11 is 0. The van der Waals surface area contributed by atoms with Crippen molar-refractivity contribution >= 4 is 5.91 Å². The van der Waals surface area contributed by atoms with Gasteiger partial charge in [-0.25, -0.2) is 0 Å². The van der Waals surface area contributed by atoms with E-state index >= 15 is 0 Å². The van der Waals surface area contributed by atoms with Crippen molar-refractivity contribution in [2.75, 3.05) is 14.1 Å². The van der Waals surface area contributed by atoms with Gasteiger partial charge in [-0.15, -0.1) is 0 Å². The van der Waals surface area contributed by atoms with E-state index in [1.807, 2.05) is 20.2 Å². The molecule has 4 nitrogen and oxygen atoms in total. The van der Waals surface area contributed by atoms with Gasteiger partial charge in [0.25, 0.3) is 0 Å². The number of nitrogens with zero attached hydrogens (tertiary/aromatic N) is 1. The van der Waals surface area contributed by atoms with E-state index in [9.17, 15) is 15.0 Å². The smallest absolute Gasteiger partial charge is 0.222 e. The summed E-state index contributed by atoms with van der Waals surface area (Å²) in [7, 11) is 3.63. The molecule has 164 valence electrons. The topological polar surface area (TPSA) is 60.8 Å². The summed E-state index contributed by atoms with van der Waals surface area (Å²) in [6, 6.07) is 0. The molecule has 1 amide bonds. The second-order valence-electron chi connectivity index (χ2n) is 9.96. The van der Waals surface area contributed by atoms with Crippen molar-refractivity contribution in [3.8, 4) is 0 Å². The third-order valence-electron chi connectivity index (χ3n) is 7.76. The van der Waals surface area contributed by atoms with E-state index in [1.54, 1.807) is 4.90 Å². The van der Waals surface area contributed by atoms with Gasteiger partial charge in [0.2, 0.25) is 5.91 Å². The summed E-state index contributed by atoms with van der Waals surface area (Å²) in [5.74, 6) is 2.51. The van der Waals surface area contributed by atoms with E-state index in [0.717, 1.165) is 50.9 Å². The number of allylic oxidation sites excluding steroid dienone is 2. The van der Waals surface area contributed by atoms with Crippen molar-refractivity contribution in [1.29, 1.82) is 0 Å². The average Bonchev–Trinajstić information content (AvgIpc) is 3.38. The molecule has 4 heteroatoms. The van der Waals surface area contributed by atoms with Crippen molar-refractivity contribution in [2.45, 2.75) is 83.3 Å². The highest BCUT2D eigenvalue weighted by molar-refractivity contribution is 5.75. The van der Waals surface area contributed by atoms with E-state index in [1.165, 1.54) is 18.4 Å². The molecule has 0 heterocycles. The van der Waals surface area contributed by atoms with Crippen LogP contribution in [0.15, 0.2) is 23.8 Å². The molecule has 0 aromatic carbocycles. The van der Waals surface area contributed by atoms with Crippen LogP contribution in [0, 0.1) is 29.6 Å². The molecule has 0 aromatic rings. The van der Waals surface area contributed by atoms with E-state index in [-0.39, 0.29) is 24.0 Å². The number of hydrogen-bond donors (Lipinski definition) is 2. The van der Waals surface area contributed by atoms with Gasteiger partial charge in [0.05, 0.1) is 12.2 Å². The van der Waals surface area contributed by atoms with Gasteiger partial charge < -0.3 is 15.1 Å². The fourth-order valence-corrected chi connectivity index (χ4v) is 5.84. The maximum Gasteiger partial charge on any atom is 0.222 e. The molecule has 2 unspecified atom stereocenters. The number of aliphatic hydroxyl groups is 2. The molecule has 3 aliphatic carbocycles. The third-order valence-corrected chi connectivity index (χ3v) is 7.76. The minimum absolute atomic E-state index is 0.169. The Kier molecular flexibility index (Phi) is 7.98. The number of fused-ring (bicyclic) bond motifs is 1. The first kappa shape index (κ1) is 22.6. The first-order valence-electron chi connectivity index (χ1n) is 11.8. The first-order valence-corrected chi connectivity index (χ1v) is 11.8. The van der Waals surface area contributed by atoms with Gasteiger partial charge in [0.1, 0.15) is 0 Å². The van der Waals surface area contributed by atoms with Crippen LogP contribution in [0.5, 0.6) is 0 Å². The molecular formula is C25H41NO3. The highest BCUT2D eigenvalue weighted by Gasteiger charge is 2.43. The van der Waals surface area contributed by atoms with E-state index in [4.69, 9.17) is 0 Å². The molecule has 3 rings (SSSR count). The average molecular weight is 404 g/mol. The minimum atomic E-state index is -0.360. The van der Waals surface area contributed by atoms with E-state index in [0.29, 0.717) is 24.2 Å². The predicted octanol–water partition coefficient (Wildman–Crippen LogP) is 4.32. The quantitative estimate of drug-likeness (QED) is 0.445. The van der Waals surface area contributed by atoms with Crippen molar-refractivity contribution < 1.29 is 15.0 Å². The predicted molar refractivity (Wildman–Crippen MR) is 117 cm³/mol. The standard InChI is InChI=1S/C25H41NO3/c1-4-17-9-10-19(13-17)23(27)12-11-21-22-15-18(14-20(22)16-24(21)28)7-5-6-8-25(29)26(2)3/h11-12,14,17,19-24,27-28H,4-10,13,15-16H2,1-3H3/t17?,19?,20-,21+,22-,23-,24+/m0/s1. The molecule has 2 saturated carbocycles. The Bertz CT molecular complexity index is 611. The fourth-order valence-electron chi connectivity index (χ4n) is 5.84. The molecule has 0 aromatic heterocycles. The van der Waals surface area contributed by atoms with Crippen LogP contribution < -0.4 is 0 Å². The fraction of sp³-hybridized carbons (Fsp3) is 0.800. The zero-order valence-electron chi connectivity index (χ0n) is 18.6. The molecule has 0 saturated heterocycles. The highest BCUT2D eigenvalue weighted by atomic mass is 16.3. The lowest BCUT2D eigenvalue weighted by Crippen LogP contribution is -2.21. The van der Waals surface area contributed by atoms with Gasteiger partial charge in [-0.3, -0.25) is 4.79 Å². The van der Waals surface area contributed by atoms with Crippen molar-refractivity contribution in [1.82, 2.24) is 4.90 Å². The lowest BCUT2D eigenvalue weighted by molar-refractivity contribution is -0.128. The zero-order valence-corrected chi connectivity index (χ0v) is 18.6. The summed E-state index contributed by atoms with van der Waals surface area (Å²) in [6.45, 7) is 2.25. The summed E-state index contributed by atoms with van der Waals surface area (Å²) in [6.07, 6.45) is 16.2. The third kappa shape index (κ3) is 5.73. The molecule has 0 aliphatic heterocycles. The summed E-state index contributed by atoms with van der Waals surface area (Å²) < 4.78 is 0. The van der Waals surface area contributed by atoms with E-state index in [2.05, 4.69) is 19.1 Å². The number of carbonyl (C=O) groups excluding carboxylic acids is 1. The Hall–Kier alpha value is -1.13. The number of aliphatic hydroxyl groups excluding tert-OH is 2. The zero-order chi connectivity index (χ0) is 21.0. The Labute approximate surface area is 177 Å². The summed E-state index contributed by atoms with van der Waals surface area (Å²) in [5, 5.41) is 21.2. The minimum Gasteiger partial charge on any atom is -0.392 e. The van der Waals surface area contributed by atoms with Gasteiger partial charge >= 0.3 is 0 Å². The normalized spacial score (nSPS) is 35.1. The second kappa shape index (κ2) is 10.3. The summed E-state index contributed by atoms with van der Waals surface area (Å²) in [5.41, 5.74) is 1.50. The van der Waals surface area contributed by atoms with Crippen LogP contribution in [0.3, 0.4) is 0 Å². The molecular weight excluding hydrogens is 362 g/mol. The Morgan fingerprint density at radius 2 is 2.07 bits per heavy atom. The van der Waals surface area contributed by atoms with Gasteiger partial charge in [0, 0.05) is 26.4 Å². The van der Waals surface area contributed by atoms with Crippen molar-refractivity contribution in [2.24, 2.45) is 29.6 Å². The van der Waals surface area contributed by atoms with Gasteiger partial charge in [-0.1, -0.05) is 43.6 Å². The maximum absolute atomic E-state index is 11.7. The second-order valence-corrected chi connectivity index (χ2v) is 9.96. The lowest BCUT2D eigenvalue weighted by Gasteiger charge is -2.20. The van der Waals surface area contributed by atoms with Crippen LogP contribution >= 0.6 is 0 Å². The van der Waals surface area contributed by atoms with Crippen LogP contribution in [0.1, 0.15) is 71.1 Å². The highest BCUT2D eigenvalue weighted by Crippen LogP contribution is 2.48. The number of carbonyl (C=O) groups is 1. The van der Waals surface area contributed by atoms with Crippen LogP contribution in [-0.2, 0) is 4.79 Å². The van der Waals surface area contributed by atoms with Crippen LogP contribution in [-0.4, -0.2) is 47.3 Å². The molecule has 3 aliphatic rings. The molecule has 0 spiro atoms.